The molecular formula is C14H21FN2O. The molecule has 4 heteroatoms. The number of aliphatic hydroxyl groups excluding tert-OH is 1. The van der Waals surface area contributed by atoms with Crippen LogP contribution in [0.1, 0.15) is 31.2 Å². The van der Waals surface area contributed by atoms with E-state index in [1.54, 1.807) is 12.1 Å². The third kappa shape index (κ3) is 3.00. The molecule has 0 saturated heterocycles. The molecule has 0 aliphatic heterocycles. The van der Waals surface area contributed by atoms with E-state index in [0.717, 1.165) is 13.0 Å². The van der Waals surface area contributed by atoms with E-state index in [2.05, 4.69) is 4.90 Å². The summed E-state index contributed by atoms with van der Waals surface area (Å²) in [5.74, 6) is -0.233. The molecule has 0 atom stereocenters. The maximum atomic E-state index is 13.8. The molecule has 0 bridgehead atoms. The van der Waals surface area contributed by atoms with Gasteiger partial charge in [0.25, 0.3) is 0 Å². The maximum Gasteiger partial charge on any atom is 0.129 e. The van der Waals surface area contributed by atoms with Gasteiger partial charge in [0.2, 0.25) is 0 Å². The fourth-order valence-corrected chi connectivity index (χ4v) is 2.36. The summed E-state index contributed by atoms with van der Waals surface area (Å²) >= 11 is 0. The topological polar surface area (TPSA) is 49.5 Å². The van der Waals surface area contributed by atoms with Crippen molar-refractivity contribution in [1.29, 1.82) is 0 Å². The molecule has 0 unspecified atom stereocenters. The minimum atomic E-state index is -0.233. The van der Waals surface area contributed by atoms with Crippen LogP contribution in [0.25, 0.3) is 0 Å². The summed E-state index contributed by atoms with van der Waals surface area (Å²) in [6, 6.07) is 5.35. The van der Waals surface area contributed by atoms with Crippen molar-refractivity contribution in [2.75, 3.05) is 18.9 Å². The molecule has 1 aliphatic carbocycles. The van der Waals surface area contributed by atoms with Crippen molar-refractivity contribution in [2.24, 2.45) is 0 Å². The lowest BCUT2D eigenvalue weighted by atomic mass is 9.91. The number of rotatable bonds is 6. The summed E-state index contributed by atoms with van der Waals surface area (Å²) in [5, 5.41) is 8.94. The summed E-state index contributed by atoms with van der Waals surface area (Å²) < 4.78 is 13.8. The van der Waals surface area contributed by atoms with E-state index in [-0.39, 0.29) is 12.4 Å². The summed E-state index contributed by atoms with van der Waals surface area (Å²) in [4.78, 5) is 2.24. The minimum absolute atomic E-state index is 0.177. The van der Waals surface area contributed by atoms with E-state index in [0.29, 0.717) is 23.8 Å². The van der Waals surface area contributed by atoms with Crippen LogP contribution in [0.2, 0.25) is 0 Å². The number of anilines is 1. The van der Waals surface area contributed by atoms with Crippen molar-refractivity contribution in [3.05, 3.63) is 29.6 Å². The van der Waals surface area contributed by atoms with Crippen LogP contribution in [0.15, 0.2) is 18.2 Å². The Morgan fingerprint density at radius 3 is 2.72 bits per heavy atom. The molecule has 3 N–H and O–H groups in total. The van der Waals surface area contributed by atoms with E-state index >= 15 is 0 Å². The molecule has 1 aromatic carbocycles. The standard InChI is InChI=1S/C14H21FN2O/c15-13-6-2-7-14(16)12(13)10-17(8-3-9-18)11-4-1-5-11/h2,6-7,11,18H,1,3-5,8-10,16H2. The van der Waals surface area contributed by atoms with Crippen molar-refractivity contribution in [1.82, 2.24) is 4.90 Å². The summed E-state index contributed by atoms with van der Waals surface area (Å²) in [7, 11) is 0. The molecule has 1 aromatic rings. The van der Waals surface area contributed by atoms with Gasteiger partial charge >= 0.3 is 0 Å². The van der Waals surface area contributed by atoms with Crippen LogP contribution >= 0.6 is 0 Å². The first-order valence-corrected chi connectivity index (χ1v) is 6.60. The Morgan fingerprint density at radius 2 is 2.17 bits per heavy atom. The predicted molar refractivity (Wildman–Crippen MR) is 70.6 cm³/mol. The van der Waals surface area contributed by atoms with Gasteiger partial charge in [-0.2, -0.15) is 0 Å². The maximum absolute atomic E-state index is 13.8. The second-order valence-corrected chi connectivity index (χ2v) is 4.94. The lowest BCUT2D eigenvalue weighted by Gasteiger charge is -2.37. The number of hydrogen-bond donors (Lipinski definition) is 2. The Bertz CT molecular complexity index is 373. The van der Waals surface area contributed by atoms with Crippen LogP contribution in [0.3, 0.4) is 0 Å². The van der Waals surface area contributed by atoms with Crippen molar-refractivity contribution < 1.29 is 9.50 Å². The Hall–Kier alpha value is -1.13. The molecule has 0 amide bonds. The monoisotopic (exact) mass is 252 g/mol. The molecule has 0 spiro atoms. The first-order valence-electron chi connectivity index (χ1n) is 6.60. The van der Waals surface area contributed by atoms with E-state index in [4.69, 9.17) is 10.8 Å². The Labute approximate surface area is 107 Å². The highest BCUT2D eigenvalue weighted by molar-refractivity contribution is 5.47. The van der Waals surface area contributed by atoms with E-state index in [1.807, 2.05) is 0 Å². The molecule has 1 aliphatic rings. The molecule has 0 aromatic heterocycles. The number of hydrogen-bond acceptors (Lipinski definition) is 3. The van der Waals surface area contributed by atoms with Gasteiger partial charge in [0.15, 0.2) is 0 Å². The number of benzene rings is 1. The highest BCUT2D eigenvalue weighted by Gasteiger charge is 2.25. The second kappa shape index (κ2) is 6.16. The third-order valence-electron chi connectivity index (χ3n) is 3.71. The van der Waals surface area contributed by atoms with Gasteiger partial charge in [-0.1, -0.05) is 12.5 Å². The third-order valence-corrected chi connectivity index (χ3v) is 3.71. The van der Waals surface area contributed by atoms with Gasteiger partial charge < -0.3 is 10.8 Å². The lowest BCUT2D eigenvalue weighted by molar-refractivity contribution is 0.108. The molecule has 100 valence electrons. The SMILES string of the molecule is Nc1cccc(F)c1CN(CCCO)C1CCC1. The fourth-order valence-electron chi connectivity index (χ4n) is 2.36. The smallest absolute Gasteiger partial charge is 0.129 e. The average Bonchev–Trinajstić information content (AvgIpc) is 2.28. The lowest BCUT2D eigenvalue weighted by Crippen LogP contribution is -2.40. The zero-order chi connectivity index (χ0) is 13.0. The number of aliphatic hydroxyl groups is 1. The van der Waals surface area contributed by atoms with Crippen molar-refractivity contribution >= 4 is 5.69 Å². The Morgan fingerprint density at radius 1 is 1.39 bits per heavy atom. The van der Waals surface area contributed by atoms with E-state index in [1.165, 1.54) is 25.3 Å². The van der Waals surface area contributed by atoms with Gasteiger partial charge in [0.05, 0.1) is 0 Å². The van der Waals surface area contributed by atoms with Crippen LogP contribution in [-0.4, -0.2) is 29.2 Å². The predicted octanol–water partition coefficient (Wildman–Crippen LogP) is 2.14. The fraction of sp³-hybridized carbons (Fsp3) is 0.571. The van der Waals surface area contributed by atoms with Crippen molar-refractivity contribution in [3.63, 3.8) is 0 Å². The number of nitrogens with zero attached hydrogens (tertiary/aromatic N) is 1. The zero-order valence-electron chi connectivity index (χ0n) is 10.6. The van der Waals surface area contributed by atoms with Crippen LogP contribution in [0.5, 0.6) is 0 Å². The Balaban J connectivity index is 2.07. The summed E-state index contributed by atoms with van der Waals surface area (Å²) in [5.41, 5.74) is 6.94. The van der Waals surface area contributed by atoms with Gasteiger partial charge in [-0.15, -0.1) is 0 Å². The van der Waals surface area contributed by atoms with Gasteiger partial charge in [-0.3, -0.25) is 4.90 Å². The van der Waals surface area contributed by atoms with Gasteiger partial charge in [-0.05, 0) is 31.4 Å². The van der Waals surface area contributed by atoms with Crippen LogP contribution in [0, 0.1) is 5.82 Å². The van der Waals surface area contributed by atoms with Gasteiger partial charge in [0, 0.05) is 37.0 Å². The highest BCUT2D eigenvalue weighted by atomic mass is 19.1. The van der Waals surface area contributed by atoms with Crippen LogP contribution < -0.4 is 5.73 Å². The largest absolute Gasteiger partial charge is 0.398 e. The second-order valence-electron chi connectivity index (χ2n) is 4.94. The molecule has 1 saturated carbocycles. The highest BCUT2D eigenvalue weighted by Crippen LogP contribution is 2.28. The molecule has 18 heavy (non-hydrogen) atoms. The first kappa shape index (κ1) is 13.3. The van der Waals surface area contributed by atoms with Gasteiger partial charge in [0.1, 0.15) is 5.82 Å². The molecule has 0 radical (unpaired) electrons. The average molecular weight is 252 g/mol. The van der Waals surface area contributed by atoms with E-state index in [9.17, 15) is 4.39 Å². The van der Waals surface area contributed by atoms with Crippen LogP contribution in [-0.2, 0) is 6.54 Å². The van der Waals surface area contributed by atoms with Crippen molar-refractivity contribution in [3.8, 4) is 0 Å². The quantitative estimate of drug-likeness (QED) is 0.763. The molecule has 1 fully saturated rings. The van der Waals surface area contributed by atoms with Crippen LogP contribution in [0.4, 0.5) is 10.1 Å². The molecule has 2 rings (SSSR count). The number of nitrogen functional groups attached to an aromatic ring is 1. The normalized spacial score (nSPS) is 15.9. The summed E-state index contributed by atoms with van der Waals surface area (Å²) in [6.07, 6.45) is 4.30. The first-order chi connectivity index (χ1) is 8.72. The molecule has 0 heterocycles. The number of halogens is 1. The van der Waals surface area contributed by atoms with E-state index < -0.39 is 0 Å². The number of nitrogens with two attached hydrogens (primary N) is 1. The molecular weight excluding hydrogens is 231 g/mol. The minimum Gasteiger partial charge on any atom is -0.398 e. The molecule has 3 nitrogen and oxygen atoms in total. The van der Waals surface area contributed by atoms with Gasteiger partial charge in [-0.25, -0.2) is 4.39 Å². The van der Waals surface area contributed by atoms with Crippen molar-refractivity contribution in [2.45, 2.75) is 38.3 Å². The Kier molecular flexibility index (Phi) is 4.55. The zero-order valence-corrected chi connectivity index (χ0v) is 10.6. The summed E-state index contributed by atoms with van der Waals surface area (Å²) in [6.45, 7) is 1.52.